The first-order chi connectivity index (χ1) is 9.65. The third-order valence-electron chi connectivity index (χ3n) is 2.72. The Hall–Kier alpha value is -2.43. The summed E-state index contributed by atoms with van der Waals surface area (Å²) >= 11 is 0. The van der Waals surface area contributed by atoms with Crippen LogP contribution in [0.4, 0.5) is 4.39 Å². The van der Waals surface area contributed by atoms with Crippen LogP contribution >= 0.6 is 0 Å². The lowest BCUT2D eigenvalue weighted by Gasteiger charge is -2.06. The lowest BCUT2D eigenvalue weighted by Crippen LogP contribution is -2.05. The van der Waals surface area contributed by atoms with Gasteiger partial charge in [0.25, 0.3) is 0 Å². The van der Waals surface area contributed by atoms with E-state index in [4.69, 9.17) is 4.74 Å². The lowest BCUT2D eigenvalue weighted by molar-refractivity contribution is 0.0595. The molecule has 0 fully saturated rings. The lowest BCUT2D eigenvalue weighted by atomic mass is 10.1. The molecule has 0 bridgehead atoms. The zero-order valence-electron chi connectivity index (χ0n) is 11.2. The van der Waals surface area contributed by atoms with Crippen LogP contribution < -0.4 is 4.74 Å². The van der Waals surface area contributed by atoms with Gasteiger partial charge in [0.1, 0.15) is 5.75 Å². The fourth-order valence-corrected chi connectivity index (χ4v) is 1.75. The van der Waals surface area contributed by atoms with Gasteiger partial charge in [-0.3, -0.25) is 4.98 Å². The van der Waals surface area contributed by atoms with E-state index >= 15 is 0 Å². The summed E-state index contributed by atoms with van der Waals surface area (Å²) in [4.78, 5) is 15.4. The number of methoxy groups -OCH3 is 1. The van der Waals surface area contributed by atoms with E-state index in [0.29, 0.717) is 12.3 Å². The van der Waals surface area contributed by atoms with Crippen LogP contribution in [0.2, 0.25) is 0 Å². The van der Waals surface area contributed by atoms with Gasteiger partial charge < -0.3 is 9.47 Å². The molecule has 1 heterocycles. The number of aromatic nitrogens is 1. The number of pyridine rings is 1. The maximum absolute atomic E-state index is 13.5. The van der Waals surface area contributed by atoms with Gasteiger partial charge in [0.05, 0.1) is 31.2 Å². The van der Waals surface area contributed by atoms with Gasteiger partial charge in [-0.15, -0.1) is 0 Å². The van der Waals surface area contributed by atoms with E-state index in [0.717, 1.165) is 17.5 Å². The highest BCUT2D eigenvalue weighted by atomic mass is 19.1. The number of halogens is 1. The fraction of sp³-hybridized carbons (Fsp3) is 0.200. The second kappa shape index (κ2) is 6.14. The molecular weight excluding hydrogens is 261 g/mol. The summed E-state index contributed by atoms with van der Waals surface area (Å²) in [5.41, 5.74) is 1.12. The zero-order chi connectivity index (χ0) is 14.5. The standard InChI is InChI=1S/C15H14FNO3/c1-3-20-11-6-4-10(5-7-11)14-8-12(15(18)19-2)13(16)9-17-14/h4-9H,3H2,1-2H3. The van der Waals surface area contributed by atoms with Gasteiger partial charge in [0.15, 0.2) is 5.82 Å². The summed E-state index contributed by atoms with van der Waals surface area (Å²) in [5.74, 6) is -0.685. The molecule has 5 heteroatoms. The average molecular weight is 275 g/mol. The van der Waals surface area contributed by atoms with E-state index < -0.39 is 11.8 Å². The SMILES string of the molecule is CCOc1ccc(-c2cc(C(=O)OC)c(F)cn2)cc1. The summed E-state index contributed by atoms with van der Waals surface area (Å²) in [6.07, 6.45) is 1.01. The van der Waals surface area contributed by atoms with Crippen molar-refractivity contribution in [2.24, 2.45) is 0 Å². The first-order valence-electron chi connectivity index (χ1n) is 6.12. The molecule has 20 heavy (non-hydrogen) atoms. The number of ether oxygens (including phenoxy) is 2. The molecule has 0 saturated carbocycles. The van der Waals surface area contributed by atoms with Crippen molar-refractivity contribution in [2.45, 2.75) is 6.92 Å². The van der Waals surface area contributed by atoms with Gasteiger partial charge >= 0.3 is 5.97 Å². The summed E-state index contributed by atoms with van der Waals surface area (Å²) in [6.45, 7) is 2.48. The monoisotopic (exact) mass is 275 g/mol. The van der Waals surface area contributed by atoms with Crippen molar-refractivity contribution in [2.75, 3.05) is 13.7 Å². The number of rotatable bonds is 4. The van der Waals surface area contributed by atoms with Crippen molar-refractivity contribution in [3.63, 3.8) is 0 Å². The van der Waals surface area contributed by atoms with Crippen LogP contribution in [-0.4, -0.2) is 24.7 Å². The predicted molar refractivity (Wildman–Crippen MR) is 72.1 cm³/mol. The molecule has 1 aromatic carbocycles. The highest BCUT2D eigenvalue weighted by Crippen LogP contribution is 2.22. The minimum Gasteiger partial charge on any atom is -0.494 e. The van der Waals surface area contributed by atoms with Crippen molar-refractivity contribution >= 4 is 5.97 Å². The molecule has 0 aliphatic rings. The maximum atomic E-state index is 13.5. The van der Waals surface area contributed by atoms with Gasteiger partial charge in [-0.05, 0) is 37.3 Å². The molecule has 0 radical (unpaired) electrons. The second-order valence-electron chi connectivity index (χ2n) is 4.00. The maximum Gasteiger partial charge on any atom is 0.340 e. The van der Waals surface area contributed by atoms with Crippen LogP contribution in [0.3, 0.4) is 0 Å². The Morgan fingerprint density at radius 1 is 1.30 bits per heavy atom. The minimum absolute atomic E-state index is 0.133. The zero-order valence-corrected chi connectivity index (χ0v) is 11.2. The molecule has 0 amide bonds. The van der Waals surface area contributed by atoms with E-state index in [-0.39, 0.29) is 5.56 Å². The molecule has 0 spiro atoms. The number of carbonyl (C=O) groups is 1. The number of carbonyl (C=O) groups excluding carboxylic acids is 1. The topological polar surface area (TPSA) is 48.4 Å². The Bertz CT molecular complexity index is 611. The van der Waals surface area contributed by atoms with E-state index in [1.807, 2.05) is 6.92 Å². The van der Waals surface area contributed by atoms with E-state index in [1.54, 1.807) is 24.3 Å². The molecule has 0 unspecified atom stereocenters. The minimum atomic E-state index is -0.725. The normalized spacial score (nSPS) is 10.2. The third kappa shape index (κ3) is 2.93. The summed E-state index contributed by atoms with van der Waals surface area (Å²) in [5, 5.41) is 0. The Morgan fingerprint density at radius 3 is 2.60 bits per heavy atom. The van der Waals surface area contributed by atoms with Crippen LogP contribution in [0, 0.1) is 5.82 Å². The molecule has 0 aliphatic carbocycles. The Labute approximate surface area is 116 Å². The van der Waals surface area contributed by atoms with Crippen molar-refractivity contribution in [3.05, 3.63) is 47.9 Å². The highest BCUT2D eigenvalue weighted by molar-refractivity contribution is 5.90. The van der Waals surface area contributed by atoms with Crippen LogP contribution in [0.5, 0.6) is 5.75 Å². The van der Waals surface area contributed by atoms with Gasteiger partial charge in [-0.2, -0.15) is 0 Å². The first kappa shape index (κ1) is 14.0. The smallest absolute Gasteiger partial charge is 0.340 e. The quantitative estimate of drug-likeness (QED) is 0.805. The average Bonchev–Trinajstić information content (AvgIpc) is 2.48. The summed E-state index contributed by atoms with van der Waals surface area (Å²) in [6, 6.07) is 8.55. The molecule has 2 rings (SSSR count). The number of benzene rings is 1. The van der Waals surface area contributed by atoms with Crippen LogP contribution in [-0.2, 0) is 4.74 Å². The summed E-state index contributed by atoms with van der Waals surface area (Å²) in [7, 11) is 1.21. The highest BCUT2D eigenvalue weighted by Gasteiger charge is 2.14. The molecule has 0 aliphatic heterocycles. The number of hydrogen-bond acceptors (Lipinski definition) is 4. The van der Waals surface area contributed by atoms with Crippen LogP contribution in [0.15, 0.2) is 36.5 Å². The van der Waals surface area contributed by atoms with Gasteiger partial charge in [0.2, 0.25) is 0 Å². The third-order valence-corrected chi connectivity index (χ3v) is 2.72. The largest absolute Gasteiger partial charge is 0.494 e. The molecule has 4 nitrogen and oxygen atoms in total. The van der Waals surface area contributed by atoms with Gasteiger partial charge in [-0.1, -0.05) is 0 Å². The number of esters is 1. The van der Waals surface area contributed by atoms with E-state index in [9.17, 15) is 9.18 Å². The first-order valence-corrected chi connectivity index (χ1v) is 6.12. The molecule has 1 aromatic heterocycles. The predicted octanol–water partition coefficient (Wildman–Crippen LogP) is 3.07. The number of hydrogen-bond donors (Lipinski definition) is 0. The van der Waals surface area contributed by atoms with Crippen LogP contribution in [0.25, 0.3) is 11.3 Å². The Kier molecular flexibility index (Phi) is 4.30. The van der Waals surface area contributed by atoms with Crippen molar-refractivity contribution in [1.29, 1.82) is 0 Å². The number of nitrogens with zero attached hydrogens (tertiary/aromatic N) is 1. The molecule has 2 aromatic rings. The fourth-order valence-electron chi connectivity index (χ4n) is 1.75. The molecule has 0 N–H and O–H groups in total. The van der Waals surface area contributed by atoms with E-state index in [2.05, 4.69) is 9.72 Å². The second-order valence-corrected chi connectivity index (χ2v) is 4.00. The van der Waals surface area contributed by atoms with Crippen LogP contribution in [0.1, 0.15) is 17.3 Å². The van der Waals surface area contributed by atoms with Crippen molar-refractivity contribution < 1.29 is 18.7 Å². The Balaban J connectivity index is 2.35. The summed E-state index contributed by atoms with van der Waals surface area (Å²) < 4.78 is 23.4. The molecule has 0 atom stereocenters. The van der Waals surface area contributed by atoms with Gasteiger partial charge in [0, 0.05) is 5.56 Å². The van der Waals surface area contributed by atoms with E-state index in [1.165, 1.54) is 13.2 Å². The Morgan fingerprint density at radius 2 is 2.00 bits per heavy atom. The van der Waals surface area contributed by atoms with Crippen molar-refractivity contribution in [3.8, 4) is 17.0 Å². The van der Waals surface area contributed by atoms with Crippen molar-refractivity contribution in [1.82, 2.24) is 4.98 Å². The molecule has 0 saturated heterocycles. The molecule has 104 valence electrons. The molecular formula is C15H14FNO3. The van der Waals surface area contributed by atoms with Gasteiger partial charge in [-0.25, -0.2) is 9.18 Å².